The smallest absolute Gasteiger partial charge is 0.226 e. The van der Waals surface area contributed by atoms with Crippen molar-refractivity contribution in [3.63, 3.8) is 0 Å². The molecule has 1 aliphatic rings. The van der Waals surface area contributed by atoms with Gasteiger partial charge in [0.25, 0.3) is 0 Å². The number of benzene rings is 1. The molecule has 0 radical (unpaired) electrons. The fraction of sp³-hybridized carbons (Fsp3) is 0.0667. The van der Waals surface area contributed by atoms with E-state index in [1.165, 1.54) is 13.0 Å². The number of fused-ring (bicyclic) bond motifs is 2. The minimum absolute atomic E-state index is 0.0285. The zero-order chi connectivity index (χ0) is 15.9. The van der Waals surface area contributed by atoms with Crippen molar-refractivity contribution in [2.24, 2.45) is 0 Å². The number of sulfone groups is 1. The molecule has 0 saturated heterocycles. The molecule has 0 N–H and O–H groups in total. The first-order chi connectivity index (χ1) is 10.5. The lowest BCUT2D eigenvalue weighted by molar-refractivity contribution is 0.601. The van der Waals surface area contributed by atoms with Crippen LogP contribution in [-0.4, -0.2) is 18.4 Å². The monoisotopic (exact) mass is 308 g/mol. The van der Waals surface area contributed by atoms with Crippen LogP contribution in [0.25, 0.3) is 16.6 Å². The summed E-state index contributed by atoms with van der Waals surface area (Å²) < 4.78 is 25.2. The Balaban J connectivity index is 2.55. The molecular weight excluding hydrogens is 300 g/mol. The Kier molecular flexibility index (Phi) is 3.01. The van der Waals surface area contributed by atoms with Crippen LogP contribution in [0.2, 0.25) is 0 Å². The maximum absolute atomic E-state index is 12.6. The maximum Gasteiger partial charge on any atom is 0.226 e. The van der Waals surface area contributed by atoms with Crippen LogP contribution in [0.1, 0.15) is 12.6 Å². The largest absolute Gasteiger partial charge is 0.243 e. The number of hydrogen-bond donors (Lipinski definition) is 0. The number of aromatic nitrogens is 2. The predicted molar refractivity (Wildman–Crippen MR) is 78.6 cm³/mol. The lowest BCUT2D eigenvalue weighted by Crippen LogP contribution is -2.01. The van der Waals surface area contributed by atoms with Gasteiger partial charge in [-0.2, -0.15) is 10.5 Å². The molecule has 0 amide bonds. The molecule has 3 rings (SSSR count). The van der Waals surface area contributed by atoms with Crippen molar-refractivity contribution in [1.82, 2.24) is 9.97 Å². The van der Waals surface area contributed by atoms with E-state index in [2.05, 4.69) is 9.97 Å². The number of nitriles is 2. The summed E-state index contributed by atoms with van der Waals surface area (Å²) in [6, 6.07) is 10.3. The van der Waals surface area contributed by atoms with E-state index in [0.717, 1.165) is 0 Å². The van der Waals surface area contributed by atoms with Crippen molar-refractivity contribution in [3.8, 4) is 12.1 Å². The van der Waals surface area contributed by atoms with E-state index in [4.69, 9.17) is 10.5 Å². The highest BCUT2D eigenvalue weighted by atomic mass is 32.2. The molecule has 0 atom stereocenters. The second-order valence-corrected chi connectivity index (χ2v) is 6.33. The van der Waals surface area contributed by atoms with E-state index in [9.17, 15) is 8.42 Å². The summed E-state index contributed by atoms with van der Waals surface area (Å²) in [5.41, 5.74) is 0.740. The topological polar surface area (TPSA) is 108 Å². The average molecular weight is 308 g/mol. The van der Waals surface area contributed by atoms with E-state index in [-0.39, 0.29) is 26.8 Å². The third kappa shape index (κ3) is 1.73. The lowest BCUT2D eigenvalue weighted by Gasteiger charge is -2.00. The highest BCUT2D eigenvalue weighted by Gasteiger charge is 2.40. The summed E-state index contributed by atoms with van der Waals surface area (Å²) in [5.74, 6) is 0. The Morgan fingerprint density at radius 3 is 2.27 bits per heavy atom. The number of para-hydroxylation sites is 2. The van der Waals surface area contributed by atoms with Gasteiger partial charge in [0.1, 0.15) is 23.4 Å². The predicted octanol–water partition coefficient (Wildman–Crippen LogP) is 2.12. The molecule has 1 aromatic carbocycles. The Morgan fingerprint density at radius 2 is 1.73 bits per heavy atom. The van der Waals surface area contributed by atoms with Crippen molar-refractivity contribution < 1.29 is 8.42 Å². The summed E-state index contributed by atoms with van der Waals surface area (Å²) in [6.07, 6.45) is 1.35. The second-order valence-electron chi connectivity index (χ2n) is 4.50. The fourth-order valence-corrected chi connectivity index (χ4v) is 3.97. The van der Waals surface area contributed by atoms with Gasteiger partial charge >= 0.3 is 0 Å². The summed E-state index contributed by atoms with van der Waals surface area (Å²) in [6.45, 7) is 1.53. The minimum atomic E-state index is -3.87. The fourth-order valence-electron chi connectivity index (χ4n) is 2.37. The summed E-state index contributed by atoms with van der Waals surface area (Å²) in [4.78, 5) is 8.37. The molecule has 6 nitrogen and oxygen atoms in total. The normalized spacial score (nSPS) is 17.0. The quantitative estimate of drug-likeness (QED) is 0.690. The Hall–Kier alpha value is -3.03. The molecule has 2 aromatic rings. The summed E-state index contributed by atoms with van der Waals surface area (Å²) >= 11 is 0. The van der Waals surface area contributed by atoms with E-state index in [0.29, 0.717) is 11.0 Å². The van der Waals surface area contributed by atoms with Gasteiger partial charge in [-0.05, 0) is 19.1 Å². The second kappa shape index (κ2) is 4.76. The standard InChI is InChI=1S/C15H8N4O2S/c1-2-12-13(9(7-16)8-17)14-15(22(12,20)21)19-11-6-4-3-5-10(11)18-14/h2-6H,1H3/b12-2-. The van der Waals surface area contributed by atoms with E-state index in [1.807, 2.05) is 0 Å². The molecule has 1 aromatic heterocycles. The number of rotatable bonds is 0. The van der Waals surface area contributed by atoms with Crippen molar-refractivity contribution >= 4 is 26.4 Å². The van der Waals surface area contributed by atoms with E-state index < -0.39 is 9.84 Å². The van der Waals surface area contributed by atoms with Crippen molar-refractivity contribution in [1.29, 1.82) is 10.5 Å². The van der Waals surface area contributed by atoms with Crippen LogP contribution in [-0.2, 0) is 9.84 Å². The zero-order valence-corrected chi connectivity index (χ0v) is 12.2. The Morgan fingerprint density at radius 1 is 1.14 bits per heavy atom. The van der Waals surface area contributed by atoms with Gasteiger partial charge in [0.05, 0.1) is 21.5 Å². The number of allylic oxidation sites excluding steroid dienone is 3. The summed E-state index contributed by atoms with van der Waals surface area (Å²) in [7, 11) is -3.87. The molecule has 0 fully saturated rings. The first-order valence-corrected chi connectivity index (χ1v) is 7.76. The molecule has 22 heavy (non-hydrogen) atoms. The molecule has 0 spiro atoms. The summed E-state index contributed by atoms with van der Waals surface area (Å²) in [5, 5.41) is 18.0. The molecule has 0 unspecified atom stereocenters. The van der Waals surface area contributed by atoms with Gasteiger partial charge in [-0.25, -0.2) is 18.4 Å². The average Bonchev–Trinajstić information content (AvgIpc) is 2.74. The number of hydrogen-bond acceptors (Lipinski definition) is 6. The van der Waals surface area contributed by atoms with Gasteiger partial charge < -0.3 is 0 Å². The van der Waals surface area contributed by atoms with E-state index >= 15 is 0 Å². The molecule has 2 heterocycles. The Bertz CT molecular complexity index is 1050. The zero-order valence-electron chi connectivity index (χ0n) is 11.4. The molecule has 0 aliphatic carbocycles. The van der Waals surface area contributed by atoms with Crippen LogP contribution in [0, 0.1) is 22.7 Å². The highest BCUT2D eigenvalue weighted by molar-refractivity contribution is 7.96. The molecule has 106 valence electrons. The highest BCUT2D eigenvalue weighted by Crippen LogP contribution is 2.42. The Labute approximate surface area is 126 Å². The molecule has 0 bridgehead atoms. The SMILES string of the molecule is C/C=C1/C(=C(C#N)C#N)c2nc3ccccc3nc2S1(=O)=O. The number of nitrogens with zero attached hydrogens (tertiary/aromatic N) is 4. The van der Waals surface area contributed by atoms with Crippen molar-refractivity contribution in [2.45, 2.75) is 11.9 Å². The third-order valence-corrected chi connectivity index (χ3v) is 5.11. The van der Waals surface area contributed by atoms with Crippen LogP contribution in [0.5, 0.6) is 0 Å². The first kappa shape index (κ1) is 13.9. The van der Waals surface area contributed by atoms with Crippen molar-refractivity contribution in [2.75, 3.05) is 0 Å². The first-order valence-electron chi connectivity index (χ1n) is 6.28. The van der Waals surface area contributed by atoms with Gasteiger partial charge in [-0.15, -0.1) is 0 Å². The maximum atomic E-state index is 12.6. The lowest BCUT2D eigenvalue weighted by atomic mass is 10.1. The molecule has 0 saturated carbocycles. The molecule has 1 aliphatic heterocycles. The minimum Gasteiger partial charge on any atom is -0.243 e. The molecular formula is C15H8N4O2S. The van der Waals surface area contributed by atoms with E-state index in [1.54, 1.807) is 36.4 Å². The van der Waals surface area contributed by atoms with Gasteiger partial charge in [-0.1, -0.05) is 18.2 Å². The van der Waals surface area contributed by atoms with Crippen LogP contribution < -0.4 is 0 Å². The van der Waals surface area contributed by atoms with Gasteiger partial charge in [0.15, 0.2) is 5.03 Å². The van der Waals surface area contributed by atoms with Crippen LogP contribution in [0.3, 0.4) is 0 Å². The van der Waals surface area contributed by atoms with Crippen LogP contribution in [0.4, 0.5) is 0 Å². The van der Waals surface area contributed by atoms with Crippen LogP contribution in [0.15, 0.2) is 45.8 Å². The van der Waals surface area contributed by atoms with Crippen LogP contribution >= 0.6 is 0 Å². The van der Waals surface area contributed by atoms with Gasteiger partial charge in [0.2, 0.25) is 9.84 Å². The van der Waals surface area contributed by atoms with Gasteiger partial charge in [0, 0.05) is 0 Å². The third-order valence-electron chi connectivity index (χ3n) is 3.30. The van der Waals surface area contributed by atoms with Crippen molar-refractivity contribution in [3.05, 3.63) is 46.5 Å². The van der Waals surface area contributed by atoms with Gasteiger partial charge in [-0.3, -0.25) is 0 Å². The molecule has 7 heteroatoms.